The fourth-order valence-corrected chi connectivity index (χ4v) is 1.88. The third-order valence-electron chi connectivity index (χ3n) is 2.29. The number of nitrogens with two attached hydrogens (primary N) is 1. The van der Waals surface area contributed by atoms with Gasteiger partial charge in [0.25, 0.3) is 0 Å². The highest BCUT2D eigenvalue weighted by atomic mass is 35.5. The summed E-state index contributed by atoms with van der Waals surface area (Å²) in [5, 5.41) is 0.553. The van der Waals surface area contributed by atoms with Crippen LogP contribution in [0.4, 0.5) is 0 Å². The Morgan fingerprint density at radius 3 is 2.93 bits per heavy atom. The summed E-state index contributed by atoms with van der Waals surface area (Å²) in [6, 6.07) is 5.89. The molecule has 0 spiro atoms. The number of pyridine rings is 1. The van der Waals surface area contributed by atoms with Crippen LogP contribution in [0, 0.1) is 0 Å². The van der Waals surface area contributed by atoms with E-state index in [9.17, 15) is 0 Å². The first-order chi connectivity index (χ1) is 6.77. The van der Waals surface area contributed by atoms with E-state index < -0.39 is 0 Å². The third kappa shape index (κ3) is 1.29. The van der Waals surface area contributed by atoms with E-state index in [-0.39, 0.29) is 0 Å². The summed E-state index contributed by atoms with van der Waals surface area (Å²) in [6.07, 6.45) is 0.852. The molecule has 0 unspecified atom stereocenters. The second-order valence-corrected chi connectivity index (χ2v) is 3.47. The van der Waals surface area contributed by atoms with Gasteiger partial charge in [-0.15, -0.1) is 0 Å². The van der Waals surface area contributed by atoms with Crippen LogP contribution in [0.5, 0.6) is 0 Å². The van der Waals surface area contributed by atoms with Crippen LogP contribution in [0.1, 0.15) is 18.4 Å². The van der Waals surface area contributed by atoms with E-state index >= 15 is 0 Å². The van der Waals surface area contributed by atoms with E-state index in [1.807, 2.05) is 22.6 Å². The van der Waals surface area contributed by atoms with Gasteiger partial charge in [-0.2, -0.15) is 0 Å². The van der Waals surface area contributed by atoms with Crippen molar-refractivity contribution in [1.29, 1.82) is 0 Å². The molecule has 2 aromatic heterocycles. The van der Waals surface area contributed by atoms with Gasteiger partial charge in [-0.05, 0) is 12.1 Å². The molecule has 14 heavy (non-hydrogen) atoms. The lowest BCUT2D eigenvalue weighted by molar-refractivity contribution is 0.863. The maximum atomic E-state index is 6.01. The number of halogens is 1. The molecule has 0 atom stereocenters. The van der Waals surface area contributed by atoms with Gasteiger partial charge < -0.3 is 5.73 Å². The first kappa shape index (κ1) is 9.49. The molecule has 2 N–H and O–H groups in total. The summed E-state index contributed by atoms with van der Waals surface area (Å²) in [6.45, 7) is 2.55. The van der Waals surface area contributed by atoms with Crippen molar-refractivity contribution in [3.8, 4) is 0 Å². The Kier molecular flexibility index (Phi) is 2.44. The van der Waals surface area contributed by atoms with Crippen LogP contribution in [0.3, 0.4) is 0 Å². The van der Waals surface area contributed by atoms with E-state index in [0.29, 0.717) is 11.7 Å². The molecule has 0 saturated carbocycles. The molecule has 0 aliphatic heterocycles. The highest BCUT2D eigenvalue weighted by Gasteiger charge is 2.09. The maximum Gasteiger partial charge on any atom is 0.155 e. The molecular formula is C10H12ClN3. The topological polar surface area (TPSA) is 43.3 Å². The molecule has 0 aliphatic rings. The van der Waals surface area contributed by atoms with Gasteiger partial charge in [-0.1, -0.05) is 24.6 Å². The fourth-order valence-electron chi connectivity index (χ4n) is 1.64. The van der Waals surface area contributed by atoms with Crippen molar-refractivity contribution in [3.63, 3.8) is 0 Å². The SMILES string of the molecule is CCc1nc(Cl)c2cccc(CN)n12. The number of imidazole rings is 1. The number of aromatic nitrogens is 2. The van der Waals surface area contributed by atoms with E-state index in [1.54, 1.807) is 0 Å². The zero-order chi connectivity index (χ0) is 10.1. The fraction of sp³-hybridized carbons (Fsp3) is 0.300. The summed E-state index contributed by atoms with van der Waals surface area (Å²) in [4.78, 5) is 4.29. The third-order valence-corrected chi connectivity index (χ3v) is 2.57. The number of rotatable bonds is 2. The van der Waals surface area contributed by atoms with Crippen LogP contribution < -0.4 is 5.73 Å². The van der Waals surface area contributed by atoms with E-state index in [4.69, 9.17) is 17.3 Å². The molecule has 2 heterocycles. The molecule has 3 nitrogen and oxygen atoms in total. The predicted molar refractivity (Wildman–Crippen MR) is 57.5 cm³/mol. The Labute approximate surface area is 87.5 Å². The first-order valence-electron chi connectivity index (χ1n) is 4.62. The van der Waals surface area contributed by atoms with Crippen LogP contribution >= 0.6 is 11.6 Å². The summed E-state index contributed by atoms with van der Waals surface area (Å²) in [5.74, 6) is 0.964. The molecule has 2 aromatic rings. The molecule has 0 amide bonds. The molecule has 0 fully saturated rings. The average molecular weight is 210 g/mol. The van der Waals surface area contributed by atoms with Crippen molar-refractivity contribution in [2.75, 3.05) is 0 Å². The Morgan fingerprint density at radius 1 is 1.50 bits per heavy atom. The zero-order valence-corrected chi connectivity index (χ0v) is 8.75. The minimum absolute atomic E-state index is 0.497. The average Bonchev–Trinajstić information content (AvgIpc) is 2.56. The Balaban J connectivity index is 2.82. The Bertz CT molecular complexity index is 462. The van der Waals surface area contributed by atoms with Gasteiger partial charge in [0.2, 0.25) is 0 Å². The summed E-state index contributed by atoms with van der Waals surface area (Å²) < 4.78 is 2.03. The molecule has 4 heteroatoms. The number of aryl methyl sites for hydroxylation is 1. The van der Waals surface area contributed by atoms with E-state index in [2.05, 4.69) is 11.9 Å². The smallest absolute Gasteiger partial charge is 0.155 e. The largest absolute Gasteiger partial charge is 0.325 e. The number of nitrogens with zero attached hydrogens (tertiary/aromatic N) is 2. The summed E-state index contributed by atoms with van der Waals surface area (Å²) in [5.41, 5.74) is 7.63. The van der Waals surface area contributed by atoms with Crippen LogP contribution in [0.25, 0.3) is 5.52 Å². The molecule has 74 valence electrons. The molecular weight excluding hydrogens is 198 g/mol. The van der Waals surface area contributed by atoms with Crippen molar-refractivity contribution in [2.24, 2.45) is 5.73 Å². The van der Waals surface area contributed by atoms with E-state index in [1.165, 1.54) is 0 Å². The van der Waals surface area contributed by atoms with Gasteiger partial charge in [0.1, 0.15) is 5.82 Å². The molecule has 0 aromatic carbocycles. The molecule has 0 bridgehead atoms. The maximum absolute atomic E-state index is 6.01. The lowest BCUT2D eigenvalue weighted by atomic mass is 10.3. The lowest BCUT2D eigenvalue weighted by Gasteiger charge is -2.04. The van der Waals surface area contributed by atoms with Crippen molar-refractivity contribution in [1.82, 2.24) is 9.38 Å². The van der Waals surface area contributed by atoms with E-state index in [0.717, 1.165) is 23.5 Å². The highest BCUT2D eigenvalue weighted by molar-refractivity contribution is 6.32. The van der Waals surface area contributed by atoms with Crippen LogP contribution in [-0.2, 0) is 13.0 Å². The van der Waals surface area contributed by atoms with Crippen molar-refractivity contribution in [2.45, 2.75) is 19.9 Å². The minimum Gasteiger partial charge on any atom is -0.325 e. The number of hydrogen-bond acceptors (Lipinski definition) is 2. The quantitative estimate of drug-likeness (QED) is 0.823. The van der Waals surface area contributed by atoms with Crippen LogP contribution in [0.15, 0.2) is 18.2 Å². The zero-order valence-electron chi connectivity index (χ0n) is 8.00. The summed E-state index contributed by atoms with van der Waals surface area (Å²) >= 11 is 6.01. The predicted octanol–water partition coefficient (Wildman–Crippen LogP) is 2.01. The molecule has 0 radical (unpaired) electrons. The molecule has 0 saturated heterocycles. The van der Waals surface area contributed by atoms with Crippen LogP contribution in [-0.4, -0.2) is 9.38 Å². The Hall–Kier alpha value is -1.06. The second kappa shape index (κ2) is 3.59. The molecule has 0 aliphatic carbocycles. The highest BCUT2D eigenvalue weighted by Crippen LogP contribution is 2.20. The van der Waals surface area contributed by atoms with Crippen molar-refractivity contribution >= 4 is 17.1 Å². The van der Waals surface area contributed by atoms with Gasteiger partial charge in [-0.25, -0.2) is 4.98 Å². The normalized spacial score (nSPS) is 11.1. The van der Waals surface area contributed by atoms with Gasteiger partial charge in [0.15, 0.2) is 5.15 Å². The van der Waals surface area contributed by atoms with Crippen molar-refractivity contribution < 1.29 is 0 Å². The minimum atomic E-state index is 0.497. The molecule has 2 rings (SSSR count). The summed E-state index contributed by atoms with van der Waals surface area (Å²) in [7, 11) is 0. The standard InChI is InChI=1S/C10H12ClN3/c1-2-9-13-10(11)8-5-3-4-7(6-12)14(8)9/h3-5H,2,6,12H2,1H3. The number of hydrogen-bond donors (Lipinski definition) is 1. The first-order valence-corrected chi connectivity index (χ1v) is 5.00. The van der Waals surface area contributed by atoms with Gasteiger partial charge in [0, 0.05) is 18.7 Å². The van der Waals surface area contributed by atoms with Gasteiger partial charge in [0.05, 0.1) is 5.52 Å². The second-order valence-electron chi connectivity index (χ2n) is 3.11. The number of fused-ring (bicyclic) bond motifs is 1. The van der Waals surface area contributed by atoms with Gasteiger partial charge in [-0.3, -0.25) is 4.40 Å². The van der Waals surface area contributed by atoms with Crippen LogP contribution in [0.2, 0.25) is 5.15 Å². The lowest BCUT2D eigenvalue weighted by Crippen LogP contribution is -2.05. The monoisotopic (exact) mass is 209 g/mol. The Morgan fingerprint density at radius 2 is 2.29 bits per heavy atom. The van der Waals surface area contributed by atoms with Gasteiger partial charge >= 0.3 is 0 Å². The van der Waals surface area contributed by atoms with Crippen molar-refractivity contribution in [3.05, 3.63) is 34.9 Å².